The van der Waals surface area contributed by atoms with Crippen molar-refractivity contribution in [3.8, 4) is 11.5 Å². The van der Waals surface area contributed by atoms with Gasteiger partial charge in [-0.2, -0.15) is 0 Å². The Morgan fingerprint density at radius 1 is 0.941 bits per heavy atom. The number of rotatable bonds is 6. The van der Waals surface area contributed by atoms with Gasteiger partial charge in [0.1, 0.15) is 11.5 Å². The van der Waals surface area contributed by atoms with E-state index in [1.54, 1.807) is 17.2 Å². The van der Waals surface area contributed by atoms with E-state index in [0.717, 1.165) is 21.5 Å². The molecule has 0 N–H and O–H groups in total. The largest absolute Gasteiger partial charge is 0.457 e. The topological polar surface area (TPSA) is 55.3 Å². The number of benzene rings is 3. The van der Waals surface area contributed by atoms with Crippen molar-refractivity contribution in [2.24, 2.45) is 0 Å². The number of thiazole rings is 1. The van der Waals surface area contributed by atoms with Gasteiger partial charge in [-0.15, -0.1) is 0 Å². The number of nitrogens with zero attached hydrogens (tertiary/aromatic N) is 3. The second-order valence-corrected chi connectivity index (χ2v) is 9.06. The molecule has 168 valence electrons. The van der Waals surface area contributed by atoms with E-state index in [0.29, 0.717) is 28.7 Å². The lowest BCUT2D eigenvalue weighted by molar-refractivity contribution is 0.0982. The fourth-order valence-electron chi connectivity index (χ4n) is 3.85. The van der Waals surface area contributed by atoms with Crippen LogP contribution < -0.4 is 9.64 Å². The van der Waals surface area contributed by atoms with Crippen LogP contribution in [0.4, 0.5) is 5.13 Å². The third-order valence-electron chi connectivity index (χ3n) is 5.43. The molecule has 0 atom stereocenters. The molecule has 6 heteroatoms. The number of hydrogen-bond donors (Lipinski definition) is 0. The van der Waals surface area contributed by atoms with Crippen LogP contribution in [0.15, 0.2) is 91.1 Å². The minimum atomic E-state index is -0.189. The van der Waals surface area contributed by atoms with Crippen LogP contribution >= 0.6 is 11.3 Å². The zero-order chi connectivity index (χ0) is 23.5. The van der Waals surface area contributed by atoms with Gasteiger partial charge in [-0.05, 0) is 67.4 Å². The maximum absolute atomic E-state index is 14.0. The summed E-state index contributed by atoms with van der Waals surface area (Å²) in [5.74, 6) is 0.980. The number of carbonyl (C=O) groups is 1. The Balaban J connectivity index is 1.58. The predicted octanol–water partition coefficient (Wildman–Crippen LogP) is 6.95. The smallest absolute Gasteiger partial charge is 0.264 e. The van der Waals surface area contributed by atoms with Crippen LogP contribution in [0.5, 0.6) is 11.5 Å². The highest BCUT2D eigenvalue weighted by Gasteiger charge is 2.25. The van der Waals surface area contributed by atoms with Crippen LogP contribution in [0.25, 0.3) is 10.2 Å². The fraction of sp³-hybridized carbons (Fsp3) is 0.107. The molecule has 2 heterocycles. The Labute approximate surface area is 202 Å². The van der Waals surface area contributed by atoms with E-state index in [-0.39, 0.29) is 5.91 Å². The van der Waals surface area contributed by atoms with Crippen molar-refractivity contribution in [1.29, 1.82) is 0 Å². The van der Waals surface area contributed by atoms with Crippen LogP contribution in [0.2, 0.25) is 0 Å². The number of anilines is 1. The first-order valence-electron chi connectivity index (χ1n) is 11.0. The number of fused-ring (bicyclic) bond motifs is 1. The van der Waals surface area contributed by atoms with Gasteiger partial charge in [0.25, 0.3) is 5.91 Å². The summed E-state index contributed by atoms with van der Waals surface area (Å²) < 4.78 is 7.14. The average molecular weight is 466 g/mol. The SMILES string of the molecule is Cc1cc(C)c2nc(N(Cc3ccccn3)C(=O)c3ccccc3Oc3ccccc3)sc2c1. The number of hydrogen-bond acceptors (Lipinski definition) is 5. The Morgan fingerprint density at radius 2 is 1.71 bits per heavy atom. The van der Waals surface area contributed by atoms with Crippen LogP contribution in [-0.2, 0) is 6.54 Å². The molecule has 0 saturated carbocycles. The number of ether oxygens (including phenoxy) is 1. The molecule has 0 aliphatic rings. The molecular weight excluding hydrogens is 442 g/mol. The van der Waals surface area contributed by atoms with Crippen molar-refractivity contribution in [1.82, 2.24) is 9.97 Å². The second-order valence-electron chi connectivity index (χ2n) is 8.05. The van der Waals surface area contributed by atoms with Gasteiger partial charge in [-0.1, -0.05) is 53.8 Å². The van der Waals surface area contributed by atoms with Crippen molar-refractivity contribution in [2.75, 3.05) is 4.90 Å². The van der Waals surface area contributed by atoms with Gasteiger partial charge in [-0.25, -0.2) is 4.98 Å². The molecule has 0 spiro atoms. The van der Waals surface area contributed by atoms with Gasteiger partial charge in [0.2, 0.25) is 0 Å². The summed E-state index contributed by atoms with van der Waals surface area (Å²) in [5.41, 5.74) is 4.43. The zero-order valence-electron chi connectivity index (χ0n) is 18.9. The predicted molar refractivity (Wildman–Crippen MR) is 137 cm³/mol. The highest BCUT2D eigenvalue weighted by Crippen LogP contribution is 2.34. The lowest BCUT2D eigenvalue weighted by atomic mass is 10.1. The van der Waals surface area contributed by atoms with Gasteiger partial charge < -0.3 is 4.74 Å². The van der Waals surface area contributed by atoms with Crippen molar-refractivity contribution in [3.05, 3.63) is 114 Å². The average Bonchev–Trinajstić information content (AvgIpc) is 3.28. The molecule has 5 nitrogen and oxygen atoms in total. The van der Waals surface area contributed by atoms with E-state index in [9.17, 15) is 4.79 Å². The Morgan fingerprint density at radius 3 is 2.50 bits per heavy atom. The van der Waals surface area contributed by atoms with E-state index in [4.69, 9.17) is 9.72 Å². The summed E-state index contributed by atoms with van der Waals surface area (Å²) in [5, 5.41) is 0.633. The number of amides is 1. The fourth-order valence-corrected chi connectivity index (χ4v) is 4.99. The summed E-state index contributed by atoms with van der Waals surface area (Å²) >= 11 is 1.51. The number of aromatic nitrogens is 2. The highest BCUT2D eigenvalue weighted by molar-refractivity contribution is 7.22. The van der Waals surface area contributed by atoms with Crippen LogP contribution in [0, 0.1) is 13.8 Å². The quantitative estimate of drug-likeness (QED) is 0.272. The minimum absolute atomic E-state index is 0.189. The highest BCUT2D eigenvalue weighted by atomic mass is 32.1. The zero-order valence-corrected chi connectivity index (χ0v) is 19.8. The first kappa shape index (κ1) is 21.8. The van der Waals surface area contributed by atoms with E-state index in [1.807, 2.05) is 73.7 Å². The standard InChI is InChI=1S/C28H23N3O2S/c1-19-16-20(2)26-25(17-19)34-28(30-26)31(18-21-10-8-9-15-29-21)27(32)23-13-6-7-14-24(23)33-22-11-4-3-5-12-22/h3-17H,18H2,1-2H3. The summed E-state index contributed by atoms with van der Waals surface area (Å²) in [4.78, 5) is 25.0. The van der Waals surface area contributed by atoms with Crippen molar-refractivity contribution < 1.29 is 9.53 Å². The second kappa shape index (κ2) is 9.45. The number of aryl methyl sites for hydroxylation is 2. The first-order valence-corrected chi connectivity index (χ1v) is 11.8. The van der Waals surface area contributed by atoms with Crippen molar-refractivity contribution in [3.63, 3.8) is 0 Å². The molecule has 0 bridgehead atoms. The Bertz CT molecular complexity index is 1450. The number of pyridine rings is 1. The molecular formula is C28H23N3O2S. The van der Waals surface area contributed by atoms with Crippen LogP contribution in [0.1, 0.15) is 27.2 Å². The van der Waals surface area contributed by atoms with Gasteiger partial charge in [0.15, 0.2) is 5.13 Å². The number of carbonyl (C=O) groups excluding carboxylic acids is 1. The van der Waals surface area contributed by atoms with Crippen LogP contribution in [-0.4, -0.2) is 15.9 Å². The third kappa shape index (κ3) is 4.54. The first-order chi connectivity index (χ1) is 16.6. The van der Waals surface area contributed by atoms with Crippen molar-refractivity contribution in [2.45, 2.75) is 20.4 Å². The van der Waals surface area contributed by atoms with E-state index < -0.39 is 0 Å². The lowest BCUT2D eigenvalue weighted by Gasteiger charge is -2.21. The summed E-state index contributed by atoms with van der Waals surface area (Å²) in [6, 6.07) is 26.7. The molecule has 5 rings (SSSR count). The summed E-state index contributed by atoms with van der Waals surface area (Å²) in [6.45, 7) is 4.42. The Kier molecular flexibility index (Phi) is 6.06. The minimum Gasteiger partial charge on any atom is -0.457 e. The lowest BCUT2D eigenvalue weighted by Crippen LogP contribution is -2.31. The monoisotopic (exact) mass is 465 g/mol. The molecule has 0 aliphatic carbocycles. The maximum atomic E-state index is 14.0. The van der Waals surface area contributed by atoms with E-state index >= 15 is 0 Å². The van der Waals surface area contributed by atoms with E-state index in [1.165, 1.54) is 16.9 Å². The molecule has 0 aliphatic heterocycles. The van der Waals surface area contributed by atoms with Crippen LogP contribution in [0.3, 0.4) is 0 Å². The molecule has 1 amide bonds. The molecule has 2 aromatic heterocycles. The van der Waals surface area contributed by atoms with Crippen molar-refractivity contribution >= 4 is 32.6 Å². The molecule has 0 radical (unpaired) electrons. The third-order valence-corrected chi connectivity index (χ3v) is 6.45. The Hall–Kier alpha value is -4.03. The van der Waals surface area contributed by atoms with Gasteiger partial charge in [0, 0.05) is 6.20 Å². The van der Waals surface area contributed by atoms with Gasteiger partial charge in [0.05, 0.1) is 28.0 Å². The molecule has 34 heavy (non-hydrogen) atoms. The summed E-state index contributed by atoms with van der Waals surface area (Å²) in [6.07, 6.45) is 1.73. The van der Waals surface area contributed by atoms with Gasteiger partial charge in [-0.3, -0.25) is 14.7 Å². The molecule has 0 unspecified atom stereocenters. The normalized spacial score (nSPS) is 10.9. The molecule has 0 fully saturated rings. The van der Waals surface area contributed by atoms with Gasteiger partial charge >= 0.3 is 0 Å². The molecule has 3 aromatic carbocycles. The molecule has 0 saturated heterocycles. The molecule has 5 aromatic rings. The van der Waals surface area contributed by atoms with E-state index in [2.05, 4.69) is 24.0 Å². The summed E-state index contributed by atoms with van der Waals surface area (Å²) in [7, 11) is 0. The maximum Gasteiger partial charge on any atom is 0.264 e. The number of para-hydroxylation sites is 2.